The molecule has 150 valence electrons. The van der Waals surface area contributed by atoms with E-state index in [1.165, 1.54) is 11.8 Å². The molecule has 4 rings (SSSR count). The maximum atomic E-state index is 12.5. The van der Waals surface area contributed by atoms with E-state index in [0.29, 0.717) is 18.1 Å². The lowest BCUT2D eigenvalue weighted by atomic mass is 10.3. The van der Waals surface area contributed by atoms with Crippen molar-refractivity contribution < 1.29 is 14.0 Å². The monoisotopic (exact) mass is 429 g/mol. The van der Waals surface area contributed by atoms with Crippen molar-refractivity contribution in [2.45, 2.75) is 29.5 Å². The number of nitrogens with one attached hydrogen (secondary N) is 2. The van der Waals surface area contributed by atoms with Crippen LogP contribution in [-0.2, 0) is 34.2 Å². The summed E-state index contributed by atoms with van der Waals surface area (Å²) in [5, 5.41) is 10.3. The van der Waals surface area contributed by atoms with E-state index >= 15 is 0 Å². The van der Waals surface area contributed by atoms with Gasteiger partial charge in [0.05, 0.1) is 24.3 Å². The number of nitrogens with zero attached hydrogens (tertiary/aromatic N) is 3. The van der Waals surface area contributed by atoms with Crippen LogP contribution in [0.4, 0.5) is 5.82 Å². The number of amides is 2. The fraction of sp³-hybridized carbons (Fsp3) is 0.263. The predicted molar refractivity (Wildman–Crippen MR) is 111 cm³/mol. The van der Waals surface area contributed by atoms with Gasteiger partial charge in [-0.2, -0.15) is 16.9 Å². The number of carbonyl (C=O) groups is 2. The molecule has 1 aliphatic heterocycles. The van der Waals surface area contributed by atoms with Crippen molar-refractivity contribution in [1.82, 2.24) is 20.1 Å². The van der Waals surface area contributed by atoms with Gasteiger partial charge in [-0.25, -0.2) is 4.68 Å². The van der Waals surface area contributed by atoms with E-state index < -0.39 is 0 Å². The van der Waals surface area contributed by atoms with E-state index in [0.717, 1.165) is 27.7 Å². The van der Waals surface area contributed by atoms with Gasteiger partial charge in [0.25, 0.3) is 0 Å². The Morgan fingerprint density at radius 2 is 2.07 bits per heavy atom. The van der Waals surface area contributed by atoms with Crippen molar-refractivity contribution in [3.63, 3.8) is 0 Å². The molecule has 8 nitrogen and oxygen atoms in total. The molecule has 0 fully saturated rings. The molecule has 0 unspecified atom stereocenters. The average molecular weight is 430 g/mol. The summed E-state index contributed by atoms with van der Waals surface area (Å²) >= 11 is 3.18. The van der Waals surface area contributed by atoms with Gasteiger partial charge in [-0.05, 0) is 24.3 Å². The molecule has 3 aromatic heterocycles. The first-order valence-corrected chi connectivity index (χ1v) is 11.1. The maximum absolute atomic E-state index is 12.5. The van der Waals surface area contributed by atoms with Crippen LogP contribution in [0.2, 0.25) is 0 Å². The van der Waals surface area contributed by atoms with Gasteiger partial charge in [0, 0.05) is 34.4 Å². The highest BCUT2D eigenvalue weighted by Crippen LogP contribution is 2.34. The van der Waals surface area contributed by atoms with E-state index in [1.54, 1.807) is 47.2 Å². The van der Waals surface area contributed by atoms with Crippen LogP contribution in [0.3, 0.4) is 0 Å². The Morgan fingerprint density at radius 3 is 2.86 bits per heavy atom. The fourth-order valence-electron chi connectivity index (χ4n) is 2.86. The fourth-order valence-corrected chi connectivity index (χ4v) is 4.58. The van der Waals surface area contributed by atoms with E-state index in [1.807, 2.05) is 12.1 Å². The standard InChI is InChI=1S/C19H19N5O3S2/c25-17(21-8-13-2-1-7-27-13)9-24-19(15-10-28-11-16(15)23-24)22-18(26)12-29-14-3-5-20-6-4-14/h1-7H,8-12H2,(H,21,25)(H,22,26). The molecule has 0 radical (unpaired) electrons. The number of carbonyl (C=O) groups excluding carboxylic acids is 2. The van der Waals surface area contributed by atoms with Crippen molar-refractivity contribution in [2.75, 3.05) is 11.1 Å². The second-order valence-electron chi connectivity index (χ2n) is 6.30. The van der Waals surface area contributed by atoms with Gasteiger partial charge in [-0.3, -0.25) is 14.6 Å². The zero-order valence-electron chi connectivity index (χ0n) is 15.5. The molecule has 0 bridgehead atoms. The van der Waals surface area contributed by atoms with Crippen molar-refractivity contribution in [1.29, 1.82) is 0 Å². The average Bonchev–Trinajstić information content (AvgIpc) is 3.46. The van der Waals surface area contributed by atoms with E-state index in [-0.39, 0.29) is 24.1 Å². The molecule has 10 heteroatoms. The smallest absolute Gasteiger partial charge is 0.242 e. The molecular weight excluding hydrogens is 410 g/mol. The van der Waals surface area contributed by atoms with Crippen LogP contribution in [0.25, 0.3) is 0 Å². The highest BCUT2D eigenvalue weighted by atomic mass is 32.2. The van der Waals surface area contributed by atoms with Crippen molar-refractivity contribution in [3.8, 4) is 0 Å². The Bertz CT molecular complexity index is 989. The quantitative estimate of drug-likeness (QED) is 0.531. The van der Waals surface area contributed by atoms with Gasteiger partial charge in [0.2, 0.25) is 11.8 Å². The van der Waals surface area contributed by atoms with Crippen LogP contribution in [-0.4, -0.2) is 32.3 Å². The van der Waals surface area contributed by atoms with Gasteiger partial charge in [-0.1, -0.05) is 0 Å². The van der Waals surface area contributed by atoms with E-state index in [2.05, 4.69) is 20.7 Å². The lowest BCUT2D eigenvalue weighted by Crippen LogP contribution is -2.29. The van der Waals surface area contributed by atoms with Crippen molar-refractivity contribution in [2.24, 2.45) is 0 Å². The molecule has 4 heterocycles. The highest BCUT2D eigenvalue weighted by molar-refractivity contribution is 8.00. The summed E-state index contributed by atoms with van der Waals surface area (Å²) < 4.78 is 6.80. The first kappa shape index (κ1) is 19.6. The Kier molecular flexibility index (Phi) is 6.20. The van der Waals surface area contributed by atoms with Gasteiger partial charge in [-0.15, -0.1) is 11.8 Å². The summed E-state index contributed by atoms with van der Waals surface area (Å²) in [6, 6.07) is 7.29. The number of thioether (sulfide) groups is 2. The van der Waals surface area contributed by atoms with Crippen LogP contribution in [0.5, 0.6) is 0 Å². The van der Waals surface area contributed by atoms with Gasteiger partial charge in [0.15, 0.2) is 0 Å². The third-order valence-electron chi connectivity index (χ3n) is 4.23. The molecule has 0 spiro atoms. The first-order valence-electron chi connectivity index (χ1n) is 8.97. The summed E-state index contributed by atoms with van der Waals surface area (Å²) in [7, 11) is 0. The van der Waals surface area contributed by atoms with Crippen molar-refractivity contribution >= 4 is 41.2 Å². The molecule has 0 saturated heterocycles. The molecule has 0 saturated carbocycles. The minimum atomic E-state index is -0.197. The molecular formula is C19H19N5O3S2. The highest BCUT2D eigenvalue weighted by Gasteiger charge is 2.25. The van der Waals surface area contributed by atoms with Crippen LogP contribution in [0.1, 0.15) is 17.0 Å². The van der Waals surface area contributed by atoms with Gasteiger partial charge in [0.1, 0.15) is 18.1 Å². The molecule has 0 atom stereocenters. The number of pyridine rings is 1. The topological polar surface area (TPSA) is 102 Å². The molecule has 2 N–H and O–H groups in total. The van der Waals surface area contributed by atoms with Crippen LogP contribution in [0.15, 0.2) is 52.2 Å². The second kappa shape index (κ2) is 9.19. The normalized spacial score (nSPS) is 12.6. The Morgan fingerprint density at radius 1 is 1.21 bits per heavy atom. The third-order valence-corrected chi connectivity index (χ3v) is 6.21. The Labute approximate surface area is 175 Å². The number of fused-ring (bicyclic) bond motifs is 1. The summed E-state index contributed by atoms with van der Waals surface area (Å²) in [5.74, 6) is 2.78. The minimum absolute atomic E-state index is 0.0332. The number of anilines is 1. The number of hydrogen-bond acceptors (Lipinski definition) is 7. The molecule has 2 amide bonds. The minimum Gasteiger partial charge on any atom is -0.467 e. The Hall–Kier alpha value is -2.72. The molecule has 0 aromatic carbocycles. The second-order valence-corrected chi connectivity index (χ2v) is 8.33. The molecule has 29 heavy (non-hydrogen) atoms. The first-order chi connectivity index (χ1) is 14.2. The summed E-state index contributed by atoms with van der Waals surface area (Å²) in [5.41, 5.74) is 1.92. The molecule has 3 aromatic rings. The zero-order chi connectivity index (χ0) is 20.1. The third kappa shape index (κ3) is 5.01. The number of rotatable bonds is 8. The zero-order valence-corrected chi connectivity index (χ0v) is 17.1. The largest absolute Gasteiger partial charge is 0.467 e. The summed E-state index contributed by atoms with van der Waals surface area (Å²) in [6.45, 7) is 0.346. The Balaban J connectivity index is 1.39. The van der Waals surface area contributed by atoms with Crippen LogP contribution < -0.4 is 10.6 Å². The summed E-state index contributed by atoms with van der Waals surface area (Å²) in [6.07, 6.45) is 4.95. The van der Waals surface area contributed by atoms with Crippen LogP contribution >= 0.6 is 23.5 Å². The van der Waals surface area contributed by atoms with E-state index in [4.69, 9.17) is 4.42 Å². The lowest BCUT2D eigenvalue weighted by molar-refractivity contribution is -0.122. The van der Waals surface area contributed by atoms with Crippen molar-refractivity contribution in [3.05, 3.63) is 59.9 Å². The number of aromatic nitrogens is 3. The van der Waals surface area contributed by atoms with Crippen LogP contribution in [0, 0.1) is 0 Å². The molecule has 1 aliphatic rings. The van der Waals surface area contributed by atoms with Gasteiger partial charge >= 0.3 is 0 Å². The lowest BCUT2D eigenvalue weighted by Gasteiger charge is -2.11. The van der Waals surface area contributed by atoms with Gasteiger partial charge < -0.3 is 15.1 Å². The maximum Gasteiger partial charge on any atom is 0.242 e. The number of furan rings is 1. The van der Waals surface area contributed by atoms with E-state index in [9.17, 15) is 9.59 Å². The number of hydrogen-bond donors (Lipinski definition) is 2. The SMILES string of the molecule is O=C(Cn1nc2c(c1NC(=O)CSc1ccncc1)CSC2)NCc1ccco1. The summed E-state index contributed by atoms with van der Waals surface area (Å²) in [4.78, 5) is 29.8. The predicted octanol–water partition coefficient (Wildman–Crippen LogP) is 2.67. The molecule has 0 aliphatic carbocycles.